The van der Waals surface area contributed by atoms with Crippen LogP contribution in [0.5, 0.6) is 5.75 Å². The highest BCUT2D eigenvalue weighted by Gasteiger charge is 2.43. The predicted molar refractivity (Wildman–Crippen MR) is 118 cm³/mol. The van der Waals surface area contributed by atoms with Crippen LogP contribution in [0.25, 0.3) is 0 Å². The molecule has 1 aliphatic heterocycles. The number of rotatable bonds is 9. The van der Waals surface area contributed by atoms with Crippen molar-refractivity contribution in [1.29, 1.82) is 0 Å². The van der Waals surface area contributed by atoms with Crippen molar-refractivity contribution in [1.82, 2.24) is 0 Å². The van der Waals surface area contributed by atoms with Crippen molar-refractivity contribution in [3.05, 3.63) is 54.6 Å². The molecular weight excluding hydrogens is 396 g/mol. The molecule has 2 aliphatic rings. The number of carbonyl (C=O) groups is 1. The summed E-state index contributed by atoms with van der Waals surface area (Å²) in [6.45, 7) is 2.97. The minimum absolute atomic E-state index is 0.0291. The SMILES string of the molecule is CCOC(=O)C=CC[C@H]1CC[C@@H]2[C@@H](C=C[C@@H](O)COc3ccccc3)[C@H](O)C[C@@H]2OC1. The van der Waals surface area contributed by atoms with Gasteiger partial charge in [0.1, 0.15) is 18.5 Å². The van der Waals surface area contributed by atoms with E-state index >= 15 is 0 Å². The first-order valence-electron chi connectivity index (χ1n) is 11.2. The molecule has 1 saturated carbocycles. The third-order valence-electron chi connectivity index (χ3n) is 6.07. The molecule has 170 valence electrons. The Labute approximate surface area is 184 Å². The number of para-hydroxylation sites is 1. The van der Waals surface area contributed by atoms with Crippen LogP contribution in [-0.4, -0.2) is 54.3 Å². The van der Waals surface area contributed by atoms with E-state index in [-0.39, 0.29) is 30.5 Å². The first-order valence-corrected chi connectivity index (χ1v) is 11.2. The monoisotopic (exact) mass is 430 g/mol. The number of hydrogen-bond acceptors (Lipinski definition) is 6. The van der Waals surface area contributed by atoms with E-state index in [1.165, 1.54) is 6.08 Å². The van der Waals surface area contributed by atoms with Gasteiger partial charge in [-0.2, -0.15) is 0 Å². The number of esters is 1. The van der Waals surface area contributed by atoms with Gasteiger partial charge in [-0.25, -0.2) is 4.79 Å². The number of aliphatic hydroxyl groups excluding tert-OH is 2. The van der Waals surface area contributed by atoms with Crippen LogP contribution in [0.15, 0.2) is 54.6 Å². The van der Waals surface area contributed by atoms with E-state index in [1.54, 1.807) is 13.0 Å². The fourth-order valence-electron chi connectivity index (χ4n) is 4.46. The highest BCUT2D eigenvalue weighted by atomic mass is 16.5. The Kier molecular flexibility index (Phi) is 9.13. The molecule has 2 N–H and O–H groups in total. The lowest BCUT2D eigenvalue weighted by Gasteiger charge is -2.21. The van der Waals surface area contributed by atoms with Gasteiger partial charge in [0.2, 0.25) is 0 Å². The number of carbonyl (C=O) groups excluding carboxylic acids is 1. The Hall–Kier alpha value is -2.15. The van der Waals surface area contributed by atoms with E-state index in [0.29, 0.717) is 25.6 Å². The fraction of sp³-hybridized carbons (Fsp3) is 0.560. The van der Waals surface area contributed by atoms with Crippen LogP contribution in [-0.2, 0) is 14.3 Å². The predicted octanol–water partition coefficient (Wildman–Crippen LogP) is 3.28. The zero-order valence-electron chi connectivity index (χ0n) is 18.1. The molecule has 2 fully saturated rings. The molecule has 0 aromatic heterocycles. The van der Waals surface area contributed by atoms with E-state index in [4.69, 9.17) is 14.2 Å². The average molecular weight is 431 g/mol. The molecule has 0 unspecified atom stereocenters. The van der Waals surface area contributed by atoms with Gasteiger partial charge in [0.05, 0.1) is 25.4 Å². The summed E-state index contributed by atoms with van der Waals surface area (Å²) in [5.41, 5.74) is 0. The first kappa shape index (κ1) is 23.5. The van der Waals surface area contributed by atoms with Crippen molar-refractivity contribution in [3.63, 3.8) is 0 Å². The van der Waals surface area contributed by atoms with E-state index in [9.17, 15) is 15.0 Å². The standard InChI is InChI=1S/C25H34O6/c1-2-29-25(28)10-6-7-18-11-13-22-21(23(27)15-24(22)31-16-18)14-12-19(26)17-30-20-8-4-3-5-9-20/h3-6,8-10,12,14,18-19,21-24,26-27H,2,7,11,13,15-17H2,1H3/t18-,19+,21+,22+,23+,24-/m0/s1. The van der Waals surface area contributed by atoms with E-state index in [0.717, 1.165) is 25.0 Å². The quantitative estimate of drug-likeness (QED) is 0.355. The maximum absolute atomic E-state index is 11.4. The minimum atomic E-state index is -0.737. The lowest BCUT2D eigenvalue weighted by molar-refractivity contribution is -0.137. The fourth-order valence-corrected chi connectivity index (χ4v) is 4.46. The van der Waals surface area contributed by atoms with E-state index < -0.39 is 12.2 Å². The average Bonchev–Trinajstić information content (AvgIpc) is 2.93. The molecule has 1 heterocycles. The summed E-state index contributed by atoms with van der Waals surface area (Å²) in [5.74, 6) is 0.953. The second-order valence-electron chi connectivity index (χ2n) is 8.33. The van der Waals surface area contributed by atoms with Crippen molar-refractivity contribution in [2.75, 3.05) is 19.8 Å². The van der Waals surface area contributed by atoms with Crippen LogP contribution < -0.4 is 4.74 Å². The van der Waals surface area contributed by atoms with Crippen molar-refractivity contribution in [3.8, 4) is 5.75 Å². The molecule has 0 spiro atoms. The van der Waals surface area contributed by atoms with Gasteiger partial charge in [-0.3, -0.25) is 0 Å². The summed E-state index contributed by atoms with van der Waals surface area (Å²) in [6, 6.07) is 9.39. The topological polar surface area (TPSA) is 85.2 Å². The molecule has 0 amide bonds. The van der Waals surface area contributed by atoms with E-state index in [2.05, 4.69) is 0 Å². The molecule has 1 aliphatic carbocycles. The van der Waals surface area contributed by atoms with Crippen molar-refractivity contribution >= 4 is 5.97 Å². The molecule has 1 aromatic rings. The summed E-state index contributed by atoms with van der Waals surface area (Å²) in [5, 5.41) is 20.8. The van der Waals surface area contributed by atoms with Gasteiger partial charge < -0.3 is 24.4 Å². The Morgan fingerprint density at radius 2 is 2.10 bits per heavy atom. The molecule has 6 atom stereocenters. The van der Waals surface area contributed by atoms with Crippen LogP contribution in [0.2, 0.25) is 0 Å². The Morgan fingerprint density at radius 1 is 1.29 bits per heavy atom. The smallest absolute Gasteiger partial charge is 0.330 e. The molecule has 6 nitrogen and oxygen atoms in total. The zero-order valence-corrected chi connectivity index (χ0v) is 18.1. The summed E-state index contributed by atoms with van der Waals surface area (Å²) in [6.07, 6.45) is 9.15. The van der Waals surface area contributed by atoms with Crippen LogP contribution in [0.3, 0.4) is 0 Å². The van der Waals surface area contributed by atoms with Crippen LogP contribution in [0, 0.1) is 17.8 Å². The van der Waals surface area contributed by atoms with Gasteiger partial charge >= 0.3 is 5.97 Å². The first-order chi connectivity index (χ1) is 15.1. The minimum Gasteiger partial charge on any atom is -0.491 e. The van der Waals surface area contributed by atoms with Crippen molar-refractivity contribution < 1.29 is 29.2 Å². The number of fused-ring (bicyclic) bond motifs is 1. The molecular formula is C25H34O6. The number of allylic oxidation sites excluding steroid dienone is 1. The number of ether oxygens (including phenoxy) is 3. The second-order valence-corrected chi connectivity index (χ2v) is 8.33. The van der Waals surface area contributed by atoms with Gasteiger partial charge in [-0.15, -0.1) is 0 Å². The highest BCUT2D eigenvalue weighted by Crippen LogP contribution is 2.41. The lowest BCUT2D eigenvalue weighted by Crippen LogP contribution is -2.22. The summed E-state index contributed by atoms with van der Waals surface area (Å²) in [4.78, 5) is 11.4. The van der Waals surface area contributed by atoms with Crippen LogP contribution in [0.1, 0.15) is 32.6 Å². The van der Waals surface area contributed by atoms with Gasteiger partial charge in [0, 0.05) is 18.4 Å². The van der Waals surface area contributed by atoms with Gasteiger partial charge in [-0.05, 0) is 50.2 Å². The number of benzene rings is 1. The van der Waals surface area contributed by atoms with Gasteiger partial charge in [-0.1, -0.05) is 36.4 Å². The molecule has 3 rings (SSSR count). The van der Waals surface area contributed by atoms with Crippen molar-refractivity contribution in [2.24, 2.45) is 17.8 Å². The van der Waals surface area contributed by atoms with Crippen LogP contribution >= 0.6 is 0 Å². The van der Waals surface area contributed by atoms with Crippen molar-refractivity contribution in [2.45, 2.75) is 50.9 Å². The molecule has 31 heavy (non-hydrogen) atoms. The normalized spacial score (nSPS) is 29.6. The largest absolute Gasteiger partial charge is 0.491 e. The third-order valence-corrected chi connectivity index (χ3v) is 6.07. The second kappa shape index (κ2) is 12.0. The van der Waals surface area contributed by atoms with Gasteiger partial charge in [0.25, 0.3) is 0 Å². The Balaban J connectivity index is 1.48. The van der Waals surface area contributed by atoms with Crippen LogP contribution in [0.4, 0.5) is 0 Å². The maximum atomic E-state index is 11.4. The number of hydrogen-bond donors (Lipinski definition) is 2. The molecule has 1 aromatic carbocycles. The highest BCUT2D eigenvalue weighted by molar-refractivity contribution is 5.81. The molecule has 0 bridgehead atoms. The Morgan fingerprint density at radius 3 is 2.87 bits per heavy atom. The maximum Gasteiger partial charge on any atom is 0.330 e. The number of aliphatic hydroxyl groups is 2. The third kappa shape index (κ3) is 7.20. The summed E-state index contributed by atoms with van der Waals surface area (Å²) in [7, 11) is 0. The molecule has 0 radical (unpaired) electrons. The lowest BCUT2D eigenvalue weighted by atomic mass is 9.86. The molecule has 1 saturated heterocycles. The molecule has 6 heteroatoms. The Bertz CT molecular complexity index is 731. The summed E-state index contributed by atoms with van der Waals surface area (Å²) < 4.78 is 16.6. The van der Waals surface area contributed by atoms with Gasteiger partial charge in [0.15, 0.2) is 0 Å². The van der Waals surface area contributed by atoms with E-state index in [1.807, 2.05) is 42.5 Å². The zero-order chi connectivity index (χ0) is 22.1. The summed E-state index contributed by atoms with van der Waals surface area (Å²) >= 11 is 0.